The second kappa shape index (κ2) is 8.04. The molecule has 2 aromatic rings. The average molecular weight is 398 g/mol. The van der Waals surface area contributed by atoms with Gasteiger partial charge >= 0.3 is 0 Å². The molecular weight excluding hydrogens is 390 g/mol. The van der Waals surface area contributed by atoms with Gasteiger partial charge in [-0.2, -0.15) is 5.10 Å². The van der Waals surface area contributed by atoms with E-state index in [0.717, 1.165) is 4.88 Å². The lowest BCUT2D eigenvalue weighted by Crippen LogP contribution is -2.24. The van der Waals surface area contributed by atoms with Crippen molar-refractivity contribution >= 4 is 69.9 Å². The van der Waals surface area contributed by atoms with E-state index in [9.17, 15) is 4.79 Å². The molecule has 0 saturated heterocycles. The van der Waals surface area contributed by atoms with Gasteiger partial charge in [0.05, 0.1) is 25.6 Å². The molecule has 4 nitrogen and oxygen atoms in total. The monoisotopic (exact) mass is 396 g/mol. The van der Waals surface area contributed by atoms with Crippen molar-refractivity contribution in [3.8, 4) is 5.75 Å². The molecule has 0 atom stereocenters. The number of halogens is 4. The summed E-state index contributed by atoms with van der Waals surface area (Å²) < 4.78 is 5.91. The third kappa shape index (κ3) is 5.04. The van der Waals surface area contributed by atoms with Gasteiger partial charge < -0.3 is 4.74 Å². The number of thiophene rings is 1. The molecule has 1 heterocycles. The third-order valence-corrected chi connectivity index (χ3v) is 4.49. The lowest BCUT2D eigenvalue weighted by Gasteiger charge is -2.08. The lowest BCUT2D eigenvalue weighted by molar-refractivity contribution is -0.123. The molecule has 1 aromatic heterocycles. The van der Waals surface area contributed by atoms with Crippen molar-refractivity contribution in [2.24, 2.45) is 5.10 Å². The van der Waals surface area contributed by atoms with Gasteiger partial charge in [0.1, 0.15) is 5.75 Å². The van der Waals surface area contributed by atoms with Crippen LogP contribution >= 0.6 is 57.7 Å². The van der Waals surface area contributed by atoms with Crippen molar-refractivity contribution in [1.82, 2.24) is 5.43 Å². The van der Waals surface area contributed by atoms with Crippen molar-refractivity contribution in [1.29, 1.82) is 0 Å². The Morgan fingerprint density at radius 1 is 1.18 bits per heavy atom. The number of hydrazone groups is 1. The summed E-state index contributed by atoms with van der Waals surface area (Å²) in [4.78, 5) is 12.4. The minimum Gasteiger partial charge on any atom is -0.482 e. The first kappa shape index (κ1) is 17.4. The molecule has 116 valence electrons. The largest absolute Gasteiger partial charge is 0.482 e. The number of ether oxygens (including phenoxy) is 1. The SMILES string of the molecule is O=C(COc1cc(Cl)c(Cl)cc1Cl)N/N=C/c1ccc(Cl)s1. The van der Waals surface area contributed by atoms with E-state index in [1.807, 2.05) is 0 Å². The number of amides is 1. The summed E-state index contributed by atoms with van der Waals surface area (Å²) in [5, 5.41) is 4.65. The Kier molecular flexibility index (Phi) is 6.35. The highest BCUT2D eigenvalue weighted by atomic mass is 35.5. The van der Waals surface area contributed by atoms with Gasteiger partial charge in [-0.1, -0.05) is 46.4 Å². The molecule has 1 N–H and O–H groups in total. The van der Waals surface area contributed by atoms with Crippen LogP contribution in [0.25, 0.3) is 0 Å². The highest BCUT2D eigenvalue weighted by molar-refractivity contribution is 7.17. The lowest BCUT2D eigenvalue weighted by atomic mass is 10.3. The van der Waals surface area contributed by atoms with Gasteiger partial charge in [-0.3, -0.25) is 4.79 Å². The molecule has 2 rings (SSSR count). The van der Waals surface area contributed by atoms with Gasteiger partial charge in [0.2, 0.25) is 0 Å². The summed E-state index contributed by atoms with van der Waals surface area (Å²) in [5.74, 6) is -0.179. The first-order valence-corrected chi connectivity index (χ1v) is 8.13. The van der Waals surface area contributed by atoms with Gasteiger partial charge in [-0.05, 0) is 18.2 Å². The molecular formula is C13H8Cl4N2O2S. The smallest absolute Gasteiger partial charge is 0.277 e. The van der Waals surface area contributed by atoms with E-state index in [1.54, 1.807) is 12.1 Å². The Bertz CT molecular complexity index is 718. The Morgan fingerprint density at radius 3 is 2.59 bits per heavy atom. The van der Waals surface area contributed by atoms with Crippen LogP contribution in [0.5, 0.6) is 5.75 Å². The standard InChI is InChI=1S/C13H8Cl4N2O2S/c14-8-3-10(16)11(4-9(8)15)21-6-13(20)19-18-5-7-1-2-12(17)22-7/h1-5H,6H2,(H,19,20)/b18-5+. The van der Waals surface area contributed by atoms with Crippen LogP contribution < -0.4 is 10.2 Å². The average Bonchev–Trinajstić information content (AvgIpc) is 2.87. The Morgan fingerprint density at radius 2 is 1.91 bits per heavy atom. The Labute approximate surface area is 150 Å². The van der Waals surface area contributed by atoms with E-state index in [4.69, 9.17) is 51.1 Å². The second-order valence-electron chi connectivity index (χ2n) is 3.92. The molecule has 0 fully saturated rings. The number of hydrogen-bond acceptors (Lipinski definition) is 4. The first-order valence-electron chi connectivity index (χ1n) is 5.80. The maximum absolute atomic E-state index is 11.6. The number of carbonyl (C=O) groups is 1. The molecule has 0 saturated carbocycles. The topological polar surface area (TPSA) is 50.7 Å². The van der Waals surface area contributed by atoms with Gasteiger partial charge in [0.25, 0.3) is 5.91 Å². The summed E-state index contributed by atoms with van der Waals surface area (Å²) in [7, 11) is 0. The van der Waals surface area contributed by atoms with Crippen LogP contribution in [0.15, 0.2) is 29.4 Å². The predicted octanol–water partition coefficient (Wildman–Crippen LogP) is 4.89. The molecule has 0 aliphatic heterocycles. The fraction of sp³-hybridized carbons (Fsp3) is 0.0769. The number of benzene rings is 1. The van der Waals surface area contributed by atoms with Gasteiger partial charge in [0, 0.05) is 10.9 Å². The van der Waals surface area contributed by atoms with Crippen LogP contribution in [0.1, 0.15) is 4.88 Å². The number of nitrogens with one attached hydrogen (secondary N) is 1. The van der Waals surface area contributed by atoms with Crippen LogP contribution in [0.2, 0.25) is 19.4 Å². The molecule has 0 radical (unpaired) electrons. The summed E-state index contributed by atoms with van der Waals surface area (Å²) in [6, 6.07) is 6.41. The number of carbonyl (C=O) groups excluding carboxylic acids is 1. The molecule has 0 unspecified atom stereocenters. The summed E-state index contributed by atoms with van der Waals surface area (Å²) >= 11 is 24.7. The van der Waals surface area contributed by atoms with E-state index < -0.39 is 5.91 Å². The molecule has 0 aliphatic carbocycles. The quantitative estimate of drug-likeness (QED) is 0.443. The molecule has 1 aromatic carbocycles. The normalized spacial score (nSPS) is 10.9. The van der Waals surface area contributed by atoms with E-state index >= 15 is 0 Å². The summed E-state index contributed by atoms with van der Waals surface area (Å²) in [5.41, 5.74) is 2.32. The number of hydrogen-bond donors (Lipinski definition) is 1. The zero-order valence-electron chi connectivity index (χ0n) is 10.8. The van der Waals surface area contributed by atoms with Crippen LogP contribution in [0.4, 0.5) is 0 Å². The van der Waals surface area contributed by atoms with Gasteiger partial charge in [0.15, 0.2) is 6.61 Å². The Hall–Kier alpha value is -0.980. The van der Waals surface area contributed by atoms with Crippen molar-refractivity contribution in [2.75, 3.05) is 6.61 Å². The fourth-order valence-corrected chi connectivity index (χ4v) is 2.88. The molecule has 22 heavy (non-hydrogen) atoms. The van der Waals surface area contributed by atoms with Gasteiger partial charge in [-0.25, -0.2) is 5.43 Å². The van der Waals surface area contributed by atoms with Crippen molar-refractivity contribution in [3.05, 3.63) is 48.5 Å². The summed E-state index contributed by atoms with van der Waals surface area (Å²) in [6.45, 7) is -0.264. The van der Waals surface area contributed by atoms with Crippen LogP contribution in [0.3, 0.4) is 0 Å². The van der Waals surface area contributed by atoms with Crippen LogP contribution in [-0.2, 0) is 4.79 Å². The zero-order valence-corrected chi connectivity index (χ0v) is 14.6. The van der Waals surface area contributed by atoms with Crippen LogP contribution in [-0.4, -0.2) is 18.7 Å². The second-order valence-corrected chi connectivity index (χ2v) is 6.89. The molecule has 1 amide bonds. The minimum absolute atomic E-state index is 0.263. The van der Waals surface area contributed by atoms with E-state index in [-0.39, 0.29) is 22.4 Å². The van der Waals surface area contributed by atoms with E-state index in [0.29, 0.717) is 9.36 Å². The number of rotatable bonds is 5. The predicted molar refractivity (Wildman–Crippen MR) is 92.0 cm³/mol. The van der Waals surface area contributed by atoms with E-state index in [1.165, 1.54) is 29.7 Å². The maximum atomic E-state index is 11.6. The highest BCUT2D eigenvalue weighted by Gasteiger charge is 2.09. The highest BCUT2D eigenvalue weighted by Crippen LogP contribution is 2.33. The Balaban J connectivity index is 1.85. The maximum Gasteiger partial charge on any atom is 0.277 e. The van der Waals surface area contributed by atoms with E-state index in [2.05, 4.69) is 10.5 Å². The molecule has 0 bridgehead atoms. The third-order valence-electron chi connectivity index (χ3n) is 2.31. The van der Waals surface area contributed by atoms with Crippen molar-refractivity contribution in [3.63, 3.8) is 0 Å². The summed E-state index contributed by atoms with van der Waals surface area (Å²) in [6.07, 6.45) is 1.49. The fourth-order valence-electron chi connectivity index (χ4n) is 1.36. The van der Waals surface area contributed by atoms with Crippen molar-refractivity contribution in [2.45, 2.75) is 0 Å². The van der Waals surface area contributed by atoms with Gasteiger partial charge in [-0.15, -0.1) is 11.3 Å². The minimum atomic E-state index is -0.443. The molecule has 9 heteroatoms. The number of nitrogens with zero attached hydrogens (tertiary/aromatic N) is 1. The first-order chi connectivity index (χ1) is 10.5. The molecule has 0 spiro atoms. The van der Waals surface area contributed by atoms with Crippen molar-refractivity contribution < 1.29 is 9.53 Å². The zero-order chi connectivity index (χ0) is 16.1. The van der Waals surface area contributed by atoms with Crippen LogP contribution in [0, 0.1) is 0 Å². The molecule has 0 aliphatic rings.